The molecule has 2 aromatic heterocycles. The Kier molecular flexibility index (Phi) is 4.06. The lowest BCUT2D eigenvalue weighted by Gasteiger charge is -2.05. The zero-order valence-corrected chi connectivity index (χ0v) is 10.9. The van der Waals surface area contributed by atoms with Crippen LogP contribution in [-0.2, 0) is 6.54 Å². The molecule has 5 heteroatoms. The van der Waals surface area contributed by atoms with Crippen LogP contribution in [0.3, 0.4) is 0 Å². The van der Waals surface area contributed by atoms with Crippen LogP contribution >= 0.6 is 15.9 Å². The lowest BCUT2D eigenvalue weighted by molar-refractivity contribution is 0.460. The number of hydrogen-bond donors (Lipinski definition) is 1. The van der Waals surface area contributed by atoms with Crippen molar-refractivity contribution in [1.29, 1.82) is 0 Å². The van der Waals surface area contributed by atoms with E-state index in [1.54, 1.807) is 18.6 Å². The van der Waals surface area contributed by atoms with Crippen LogP contribution in [0.25, 0.3) is 0 Å². The van der Waals surface area contributed by atoms with E-state index < -0.39 is 0 Å². The molecule has 2 aromatic rings. The summed E-state index contributed by atoms with van der Waals surface area (Å²) < 4.78 is 6.44. The van der Waals surface area contributed by atoms with Gasteiger partial charge < -0.3 is 10.1 Å². The second-order valence-corrected chi connectivity index (χ2v) is 4.39. The molecule has 0 radical (unpaired) electrons. The van der Waals surface area contributed by atoms with Crippen molar-refractivity contribution in [2.24, 2.45) is 0 Å². The van der Waals surface area contributed by atoms with Crippen molar-refractivity contribution in [3.8, 4) is 11.6 Å². The van der Waals surface area contributed by atoms with Gasteiger partial charge in [-0.2, -0.15) is 0 Å². The maximum absolute atomic E-state index is 5.57. The fourth-order valence-corrected chi connectivity index (χ4v) is 1.69. The van der Waals surface area contributed by atoms with Crippen LogP contribution in [0.1, 0.15) is 5.56 Å². The Morgan fingerprint density at radius 2 is 2.18 bits per heavy atom. The zero-order valence-electron chi connectivity index (χ0n) is 9.35. The molecule has 0 saturated heterocycles. The molecule has 1 N–H and O–H groups in total. The van der Waals surface area contributed by atoms with Crippen LogP contribution in [0.4, 0.5) is 0 Å². The van der Waals surface area contributed by atoms with Gasteiger partial charge in [0.2, 0.25) is 5.88 Å². The van der Waals surface area contributed by atoms with Crippen molar-refractivity contribution in [2.75, 3.05) is 7.05 Å². The molecule has 0 aliphatic heterocycles. The highest BCUT2D eigenvalue weighted by Gasteiger charge is 2.00. The molecule has 0 unspecified atom stereocenters. The molecule has 4 nitrogen and oxygen atoms in total. The van der Waals surface area contributed by atoms with Gasteiger partial charge in [0.1, 0.15) is 5.75 Å². The minimum absolute atomic E-state index is 0.560. The fraction of sp³-hybridized carbons (Fsp3) is 0.167. The summed E-state index contributed by atoms with van der Waals surface area (Å²) in [6.45, 7) is 0.797. The van der Waals surface area contributed by atoms with E-state index in [2.05, 4.69) is 31.2 Å². The second kappa shape index (κ2) is 5.75. The third-order valence-corrected chi connectivity index (χ3v) is 2.51. The van der Waals surface area contributed by atoms with Crippen molar-refractivity contribution in [2.45, 2.75) is 6.54 Å². The van der Waals surface area contributed by atoms with E-state index in [4.69, 9.17) is 4.74 Å². The molecule has 0 bridgehead atoms. The molecule has 0 aliphatic carbocycles. The molecule has 0 atom stereocenters. The van der Waals surface area contributed by atoms with E-state index in [0.717, 1.165) is 16.6 Å². The summed E-state index contributed by atoms with van der Waals surface area (Å²) in [5, 5.41) is 3.06. The molecule has 0 amide bonds. The van der Waals surface area contributed by atoms with E-state index in [1.165, 1.54) is 0 Å². The van der Waals surface area contributed by atoms with E-state index in [1.807, 2.05) is 25.2 Å². The number of pyridine rings is 2. The topological polar surface area (TPSA) is 47.0 Å². The Hall–Kier alpha value is -1.46. The zero-order chi connectivity index (χ0) is 12.1. The van der Waals surface area contributed by atoms with Crippen molar-refractivity contribution < 1.29 is 4.74 Å². The van der Waals surface area contributed by atoms with E-state index in [9.17, 15) is 0 Å². The molecule has 88 valence electrons. The van der Waals surface area contributed by atoms with E-state index in [-0.39, 0.29) is 0 Å². The highest BCUT2D eigenvalue weighted by Crippen LogP contribution is 2.21. The number of nitrogens with zero attached hydrogens (tertiary/aromatic N) is 2. The SMILES string of the molecule is CNCc1ccc(Oc2cncc(Br)c2)nc1. The van der Waals surface area contributed by atoms with Gasteiger partial charge in [-0.3, -0.25) is 4.98 Å². The monoisotopic (exact) mass is 293 g/mol. The predicted octanol–water partition coefficient (Wildman–Crippen LogP) is 2.75. The van der Waals surface area contributed by atoms with Crippen LogP contribution in [0.2, 0.25) is 0 Å². The van der Waals surface area contributed by atoms with Crippen LogP contribution in [0.15, 0.2) is 41.3 Å². The Morgan fingerprint density at radius 1 is 1.29 bits per heavy atom. The Balaban J connectivity index is 2.08. The standard InChI is InChI=1S/C12H12BrN3O/c1-14-5-9-2-3-12(16-6-9)17-11-4-10(13)7-15-8-11/h2-4,6-8,14H,5H2,1H3. The van der Waals surface area contributed by atoms with Crippen molar-refractivity contribution in [1.82, 2.24) is 15.3 Å². The van der Waals surface area contributed by atoms with Gasteiger partial charge >= 0.3 is 0 Å². The molecule has 0 aromatic carbocycles. The lowest BCUT2D eigenvalue weighted by Crippen LogP contribution is -2.05. The largest absolute Gasteiger partial charge is 0.437 e. The summed E-state index contributed by atoms with van der Waals surface area (Å²) in [6, 6.07) is 5.66. The summed E-state index contributed by atoms with van der Waals surface area (Å²) in [6.07, 6.45) is 5.14. The number of ether oxygens (including phenoxy) is 1. The summed E-state index contributed by atoms with van der Waals surface area (Å²) in [5.41, 5.74) is 1.12. The van der Waals surface area contributed by atoms with Crippen molar-refractivity contribution in [3.63, 3.8) is 0 Å². The number of rotatable bonds is 4. The first-order chi connectivity index (χ1) is 8.28. The Labute approximate surface area is 108 Å². The maximum atomic E-state index is 5.57. The minimum Gasteiger partial charge on any atom is -0.437 e. The minimum atomic E-state index is 0.560. The first-order valence-corrected chi connectivity index (χ1v) is 5.95. The average Bonchev–Trinajstić information content (AvgIpc) is 2.32. The van der Waals surface area contributed by atoms with Crippen LogP contribution in [-0.4, -0.2) is 17.0 Å². The predicted molar refractivity (Wildman–Crippen MR) is 69.0 cm³/mol. The number of halogens is 1. The molecule has 2 rings (SSSR count). The fourth-order valence-electron chi connectivity index (χ4n) is 1.35. The van der Waals surface area contributed by atoms with Crippen LogP contribution in [0.5, 0.6) is 11.6 Å². The van der Waals surface area contributed by atoms with Gasteiger partial charge in [0.15, 0.2) is 0 Å². The molecule has 17 heavy (non-hydrogen) atoms. The number of aromatic nitrogens is 2. The van der Waals surface area contributed by atoms with Gasteiger partial charge in [-0.15, -0.1) is 0 Å². The van der Waals surface area contributed by atoms with Crippen molar-refractivity contribution in [3.05, 3.63) is 46.8 Å². The third-order valence-electron chi connectivity index (χ3n) is 2.08. The molecule has 2 heterocycles. The van der Waals surface area contributed by atoms with Crippen LogP contribution in [0, 0.1) is 0 Å². The van der Waals surface area contributed by atoms with E-state index in [0.29, 0.717) is 11.6 Å². The van der Waals surface area contributed by atoms with Gasteiger partial charge in [-0.25, -0.2) is 4.98 Å². The number of hydrogen-bond acceptors (Lipinski definition) is 4. The first-order valence-electron chi connectivity index (χ1n) is 5.16. The molecule has 0 aliphatic rings. The Morgan fingerprint density at radius 3 is 2.82 bits per heavy atom. The summed E-state index contributed by atoms with van der Waals surface area (Å²) in [4.78, 5) is 8.23. The van der Waals surface area contributed by atoms with Crippen LogP contribution < -0.4 is 10.1 Å². The van der Waals surface area contributed by atoms with Gasteiger partial charge in [0.25, 0.3) is 0 Å². The Bertz CT molecular complexity index is 487. The highest BCUT2D eigenvalue weighted by molar-refractivity contribution is 9.10. The molecule has 0 fully saturated rings. The molecular formula is C12H12BrN3O. The second-order valence-electron chi connectivity index (χ2n) is 3.48. The highest BCUT2D eigenvalue weighted by atomic mass is 79.9. The van der Waals surface area contributed by atoms with Crippen molar-refractivity contribution >= 4 is 15.9 Å². The smallest absolute Gasteiger partial charge is 0.219 e. The summed E-state index contributed by atoms with van der Waals surface area (Å²) >= 11 is 3.34. The average molecular weight is 294 g/mol. The van der Waals surface area contributed by atoms with Gasteiger partial charge in [-0.05, 0) is 34.6 Å². The molecular weight excluding hydrogens is 282 g/mol. The quantitative estimate of drug-likeness (QED) is 0.942. The summed E-state index contributed by atoms with van der Waals surface area (Å²) in [7, 11) is 1.90. The molecule has 0 saturated carbocycles. The maximum Gasteiger partial charge on any atom is 0.219 e. The van der Waals surface area contributed by atoms with E-state index >= 15 is 0 Å². The lowest BCUT2D eigenvalue weighted by atomic mass is 10.3. The first kappa shape index (κ1) is 12.0. The summed E-state index contributed by atoms with van der Waals surface area (Å²) in [5.74, 6) is 1.22. The third kappa shape index (κ3) is 3.51. The van der Waals surface area contributed by atoms with Gasteiger partial charge in [0, 0.05) is 29.5 Å². The molecule has 0 spiro atoms. The van der Waals surface area contributed by atoms with Gasteiger partial charge in [-0.1, -0.05) is 6.07 Å². The normalized spacial score (nSPS) is 10.2. The van der Waals surface area contributed by atoms with Gasteiger partial charge in [0.05, 0.1) is 6.20 Å². The number of nitrogens with one attached hydrogen (secondary N) is 1.